The lowest BCUT2D eigenvalue weighted by molar-refractivity contribution is -0.138. The number of hydrogen-bond acceptors (Lipinski definition) is 2. The lowest BCUT2D eigenvalue weighted by Crippen LogP contribution is -2.05. The topological polar surface area (TPSA) is 26.3 Å². The molecule has 0 bridgehead atoms. The average molecular weight is 428 g/mol. The molecule has 0 saturated heterocycles. The van der Waals surface area contributed by atoms with Crippen LogP contribution in [0.4, 0.5) is 26.3 Å². The van der Waals surface area contributed by atoms with E-state index < -0.39 is 29.4 Å². The Labute approximate surface area is 169 Å². The molecule has 2 rings (SSSR count). The van der Waals surface area contributed by atoms with E-state index in [-0.39, 0.29) is 6.61 Å². The number of ether oxygens (including phenoxy) is 1. The van der Waals surface area contributed by atoms with E-state index >= 15 is 0 Å². The highest BCUT2D eigenvalue weighted by Gasteiger charge is 2.31. The monoisotopic (exact) mass is 428 g/mol. The molecule has 0 aliphatic heterocycles. The Bertz CT molecular complexity index is 874. The molecule has 0 aromatic heterocycles. The minimum absolute atomic E-state index is 0.164. The number of allylic oxidation sites excluding steroid dienone is 2. The Morgan fingerprint density at radius 1 is 0.800 bits per heavy atom. The second-order valence-electron chi connectivity index (χ2n) is 6.35. The van der Waals surface area contributed by atoms with Crippen molar-refractivity contribution in [3.05, 3.63) is 88.5 Å². The first-order chi connectivity index (χ1) is 13.9. The van der Waals surface area contributed by atoms with Crippen LogP contribution >= 0.6 is 0 Å². The van der Waals surface area contributed by atoms with Gasteiger partial charge in [0, 0.05) is 6.08 Å². The highest BCUT2D eigenvalue weighted by atomic mass is 19.4. The quantitative estimate of drug-likeness (QED) is 0.230. The zero-order valence-electron chi connectivity index (χ0n) is 16.1. The summed E-state index contributed by atoms with van der Waals surface area (Å²) in [6.45, 7) is 3.37. The summed E-state index contributed by atoms with van der Waals surface area (Å²) in [7, 11) is 0. The molecule has 160 valence electrons. The number of esters is 1. The number of carbonyl (C=O) groups excluding carboxylic acids is 1. The van der Waals surface area contributed by atoms with Gasteiger partial charge in [0.05, 0.1) is 17.7 Å². The summed E-state index contributed by atoms with van der Waals surface area (Å²) < 4.78 is 81.9. The van der Waals surface area contributed by atoms with Crippen LogP contribution in [0, 0.1) is 0 Å². The summed E-state index contributed by atoms with van der Waals surface area (Å²) in [5, 5.41) is 0. The van der Waals surface area contributed by atoms with E-state index in [9.17, 15) is 31.1 Å². The first kappa shape index (κ1) is 23.3. The second-order valence-corrected chi connectivity index (χ2v) is 6.35. The molecule has 0 spiro atoms. The van der Waals surface area contributed by atoms with Crippen LogP contribution in [-0.4, -0.2) is 12.6 Å². The third kappa shape index (κ3) is 6.23. The number of benzene rings is 2. The van der Waals surface area contributed by atoms with E-state index in [4.69, 9.17) is 4.74 Å². The summed E-state index contributed by atoms with van der Waals surface area (Å²) in [5.41, 5.74) is -0.230. The Morgan fingerprint density at radius 2 is 1.20 bits per heavy atom. The van der Waals surface area contributed by atoms with Gasteiger partial charge in [-0.2, -0.15) is 26.3 Å². The lowest BCUT2D eigenvalue weighted by Gasteiger charge is -2.13. The van der Waals surface area contributed by atoms with Crippen LogP contribution in [0.25, 0.3) is 5.57 Å². The largest absolute Gasteiger partial charge is 0.463 e. The SMILES string of the molecule is CCOC(=O)C=C(C)C=C(c1ccc(C(F)(F)F)cc1)c1ccc(C(F)(F)F)cc1. The van der Waals surface area contributed by atoms with Crippen molar-refractivity contribution in [1.29, 1.82) is 0 Å². The molecule has 0 N–H and O–H groups in total. The predicted molar refractivity (Wildman–Crippen MR) is 100 cm³/mol. The maximum absolute atomic E-state index is 12.8. The van der Waals surface area contributed by atoms with Crippen LogP contribution in [0.1, 0.15) is 36.1 Å². The van der Waals surface area contributed by atoms with Crippen LogP contribution < -0.4 is 0 Å². The van der Waals surface area contributed by atoms with Crippen molar-refractivity contribution >= 4 is 11.5 Å². The number of alkyl halides is 6. The molecule has 2 aromatic carbocycles. The lowest BCUT2D eigenvalue weighted by atomic mass is 9.94. The van der Waals surface area contributed by atoms with Crippen molar-refractivity contribution < 1.29 is 35.9 Å². The first-order valence-corrected chi connectivity index (χ1v) is 8.84. The second kappa shape index (κ2) is 9.19. The van der Waals surface area contributed by atoms with Crippen molar-refractivity contribution in [3.8, 4) is 0 Å². The molecule has 0 atom stereocenters. The molecule has 0 unspecified atom stereocenters. The first-order valence-electron chi connectivity index (χ1n) is 8.84. The fraction of sp³-hybridized carbons (Fsp3) is 0.227. The van der Waals surface area contributed by atoms with E-state index in [2.05, 4.69) is 0 Å². The molecule has 0 aliphatic carbocycles. The van der Waals surface area contributed by atoms with Gasteiger partial charge in [-0.25, -0.2) is 4.79 Å². The molecule has 2 nitrogen and oxygen atoms in total. The van der Waals surface area contributed by atoms with Gasteiger partial charge >= 0.3 is 18.3 Å². The predicted octanol–water partition coefficient (Wildman–Crippen LogP) is 6.67. The maximum Gasteiger partial charge on any atom is 0.416 e. The number of rotatable bonds is 5. The maximum atomic E-state index is 12.8. The van der Waals surface area contributed by atoms with Gasteiger partial charge in [-0.15, -0.1) is 0 Å². The van der Waals surface area contributed by atoms with Crippen LogP contribution in [0.2, 0.25) is 0 Å². The smallest absolute Gasteiger partial charge is 0.416 e. The van der Waals surface area contributed by atoms with Crippen molar-refractivity contribution in [2.75, 3.05) is 6.61 Å². The van der Waals surface area contributed by atoms with Gasteiger partial charge in [-0.05, 0) is 60.4 Å². The summed E-state index contributed by atoms with van der Waals surface area (Å²) in [6, 6.07) is 8.45. The standard InChI is InChI=1S/C22H18F6O2/c1-3-30-20(29)13-14(2)12-19(15-4-8-17(9-5-15)21(23,24)25)16-6-10-18(11-7-16)22(26,27)28/h4-13H,3H2,1-2H3. The zero-order valence-corrected chi connectivity index (χ0v) is 16.1. The summed E-state index contributed by atoms with van der Waals surface area (Å²) in [4.78, 5) is 11.6. The molecule has 0 amide bonds. The van der Waals surface area contributed by atoms with E-state index in [0.29, 0.717) is 22.3 Å². The highest BCUT2D eigenvalue weighted by Crippen LogP contribution is 2.34. The van der Waals surface area contributed by atoms with Crippen molar-refractivity contribution in [3.63, 3.8) is 0 Å². The molecule has 0 aliphatic rings. The fourth-order valence-electron chi connectivity index (χ4n) is 2.65. The molecular weight excluding hydrogens is 410 g/mol. The summed E-state index contributed by atoms with van der Waals surface area (Å²) in [6.07, 6.45) is -6.34. The Balaban J connectivity index is 2.53. The number of halogens is 6. The summed E-state index contributed by atoms with van der Waals surface area (Å²) >= 11 is 0. The van der Waals surface area contributed by atoms with E-state index in [1.165, 1.54) is 36.4 Å². The van der Waals surface area contributed by atoms with Gasteiger partial charge in [-0.3, -0.25) is 0 Å². The highest BCUT2D eigenvalue weighted by molar-refractivity contribution is 5.86. The molecule has 0 radical (unpaired) electrons. The Morgan fingerprint density at radius 3 is 1.53 bits per heavy atom. The minimum Gasteiger partial charge on any atom is -0.463 e. The van der Waals surface area contributed by atoms with Gasteiger partial charge < -0.3 is 4.74 Å². The van der Waals surface area contributed by atoms with Gasteiger partial charge in [0.2, 0.25) is 0 Å². The molecule has 0 fully saturated rings. The molecule has 0 heterocycles. The van der Waals surface area contributed by atoms with Gasteiger partial charge in [0.1, 0.15) is 0 Å². The van der Waals surface area contributed by atoms with Crippen LogP contribution in [0.15, 0.2) is 66.3 Å². The van der Waals surface area contributed by atoms with Crippen molar-refractivity contribution in [2.24, 2.45) is 0 Å². The van der Waals surface area contributed by atoms with Crippen LogP contribution in [0.5, 0.6) is 0 Å². The zero-order chi connectivity index (χ0) is 22.5. The molecule has 30 heavy (non-hydrogen) atoms. The van der Waals surface area contributed by atoms with Crippen LogP contribution in [0.3, 0.4) is 0 Å². The molecular formula is C22H18F6O2. The third-order valence-electron chi connectivity index (χ3n) is 4.05. The van der Waals surface area contributed by atoms with Crippen molar-refractivity contribution in [1.82, 2.24) is 0 Å². The summed E-state index contributed by atoms with van der Waals surface area (Å²) in [5.74, 6) is -0.606. The average Bonchev–Trinajstić information content (AvgIpc) is 2.65. The number of carbonyl (C=O) groups is 1. The third-order valence-corrected chi connectivity index (χ3v) is 4.05. The van der Waals surface area contributed by atoms with Gasteiger partial charge in [-0.1, -0.05) is 30.3 Å². The molecule has 0 saturated carbocycles. The van der Waals surface area contributed by atoms with E-state index in [1.54, 1.807) is 13.8 Å². The Kier molecular flexibility index (Phi) is 7.12. The van der Waals surface area contributed by atoms with E-state index in [0.717, 1.165) is 24.3 Å². The number of hydrogen-bond donors (Lipinski definition) is 0. The molecule has 2 aromatic rings. The van der Waals surface area contributed by atoms with Gasteiger partial charge in [0.25, 0.3) is 0 Å². The Hall–Kier alpha value is -3.03. The normalized spacial score (nSPS) is 12.5. The van der Waals surface area contributed by atoms with Crippen molar-refractivity contribution in [2.45, 2.75) is 26.2 Å². The van der Waals surface area contributed by atoms with Crippen LogP contribution in [-0.2, 0) is 21.9 Å². The fourth-order valence-corrected chi connectivity index (χ4v) is 2.65. The minimum atomic E-state index is -4.52. The van der Waals surface area contributed by atoms with Gasteiger partial charge in [0.15, 0.2) is 0 Å². The molecule has 8 heteroatoms. The van der Waals surface area contributed by atoms with E-state index in [1.807, 2.05) is 0 Å².